The van der Waals surface area contributed by atoms with Crippen molar-refractivity contribution >= 4 is 20.1 Å². The summed E-state index contributed by atoms with van der Waals surface area (Å²) >= 11 is 1.85. The smallest absolute Gasteiger partial charge is 0.192 e. The summed E-state index contributed by atoms with van der Waals surface area (Å²) in [4.78, 5) is 0. The summed E-state index contributed by atoms with van der Waals surface area (Å²) in [7, 11) is -1.46. The molecule has 0 aromatic rings. The molecule has 0 heterocycles. The first-order valence-electron chi connectivity index (χ1n) is 4.44. The van der Waals surface area contributed by atoms with Crippen LogP contribution in [-0.2, 0) is 4.43 Å². The Kier molecular flexibility index (Phi) is 4.88. The molecule has 0 N–H and O–H groups in total. The first kappa shape index (κ1) is 12.5. The van der Waals surface area contributed by atoms with Crippen LogP contribution in [0.15, 0.2) is 0 Å². The van der Waals surface area contributed by atoms with E-state index in [1.54, 1.807) is 0 Å². The van der Waals surface area contributed by atoms with Crippen LogP contribution < -0.4 is 0 Å². The minimum absolute atomic E-state index is 0.353. The Morgan fingerprint density at radius 3 is 2.08 bits per heavy atom. The molecule has 0 aliphatic rings. The van der Waals surface area contributed by atoms with Crippen LogP contribution in [0.25, 0.3) is 0 Å². The van der Waals surface area contributed by atoms with Gasteiger partial charge in [0.05, 0.1) is 0 Å². The summed E-state index contributed by atoms with van der Waals surface area (Å²) < 4.78 is 5.95. The fourth-order valence-electron chi connectivity index (χ4n) is 0.597. The molecule has 12 heavy (non-hydrogen) atoms. The van der Waals surface area contributed by atoms with Crippen molar-refractivity contribution in [2.24, 2.45) is 0 Å². The highest BCUT2D eigenvalue weighted by Crippen LogP contribution is 2.36. The predicted molar refractivity (Wildman–Crippen MR) is 61.5 cm³/mol. The molecule has 0 amide bonds. The van der Waals surface area contributed by atoms with Crippen molar-refractivity contribution in [1.82, 2.24) is 0 Å². The van der Waals surface area contributed by atoms with Crippen LogP contribution >= 0.6 is 11.8 Å². The second-order valence-corrected chi connectivity index (χ2v) is 10.4. The monoisotopic (exact) mass is 206 g/mol. The van der Waals surface area contributed by atoms with Gasteiger partial charge in [-0.1, -0.05) is 20.8 Å². The van der Waals surface area contributed by atoms with E-state index in [1.807, 2.05) is 11.8 Å². The molecule has 3 heteroatoms. The maximum Gasteiger partial charge on any atom is 0.192 e. The Morgan fingerprint density at radius 1 is 1.25 bits per heavy atom. The van der Waals surface area contributed by atoms with Gasteiger partial charge in [0, 0.05) is 12.4 Å². The van der Waals surface area contributed by atoms with Crippen molar-refractivity contribution in [2.45, 2.75) is 38.9 Å². The maximum atomic E-state index is 5.95. The zero-order valence-corrected chi connectivity index (χ0v) is 11.0. The van der Waals surface area contributed by atoms with E-state index in [9.17, 15) is 0 Å². The van der Waals surface area contributed by atoms with Gasteiger partial charge in [-0.05, 0) is 24.4 Å². The van der Waals surface area contributed by atoms with Gasteiger partial charge in [0.2, 0.25) is 0 Å². The second kappa shape index (κ2) is 4.68. The zero-order valence-electron chi connectivity index (χ0n) is 9.23. The quantitative estimate of drug-likeness (QED) is 0.515. The van der Waals surface area contributed by atoms with Gasteiger partial charge in [0.1, 0.15) is 0 Å². The standard InChI is InChI=1S/C9H22OSSi/c1-9(2,3)12(5,6)10-7-8-11-4/h7-8H2,1-6H3. The van der Waals surface area contributed by atoms with Crippen molar-refractivity contribution in [3.8, 4) is 0 Å². The number of hydrogen-bond donors (Lipinski definition) is 0. The Hall–Kier alpha value is 0.527. The van der Waals surface area contributed by atoms with E-state index < -0.39 is 8.32 Å². The normalized spacial score (nSPS) is 13.5. The highest BCUT2D eigenvalue weighted by Gasteiger charge is 2.36. The van der Waals surface area contributed by atoms with Crippen LogP contribution in [0.2, 0.25) is 18.1 Å². The minimum atomic E-state index is -1.46. The van der Waals surface area contributed by atoms with Crippen LogP contribution in [0.1, 0.15) is 20.8 Å². The predicted octanol–water partition coefficient (Wildman–Crippen LogP) is 3.37. The molecule has 0 saturated heterocycles. The summed E-state index contributed by atoms with van der Waals surface area (Å²) in [5, 5.41) is 0.353. The van der Waals surface area contributed by atoms with Crippen LogP contribution in [0, 0.1) is 0 Å². The average molecular weight is 206 g/mol. The molecule has 0 radical (unpaired) electrons. The number of rotatable bonds is 4. The maximum absolute atomic E-state index is 5.95. The Morgan fingerprint density at radius 2 is 1.75 bits per heavy atom. The molecular formula is C9H22OSSi. The molecule has 0 spiro atoms. The van der Waals surface area contributed by atoms with E-state index in [2.05, 4.69) is 40.1 Å². The van der Waals surface area contributed by atoms with Gasteiger partial charge >= 0.3 is 0 Å². The van der Waals surface area contributed by atoms with E-state index in [4.69, 9.17) is 4.43 Å². The SMILES string of the molecule is CSCCO[Si](C)(C)C(C)(C)C. The minimum Gasteiger partial charge on any atom is -0.416 e. The van der Waals surface area contributed by atoms with Gasteiger partial charge in [-0.15, -0.1) is 0 Å². The van der Waals surface area contributed by atoms with Crippen molar-refractivity contribution in [3.05, 3.63) is 0 Å². The Balaban J connectivity index is 3.88. The second-order valence-electron chi connectivity index (χ2n) is 4.60. The van der Waals surface area contributed by atoms with Crippen LogP contribution in [0.5, 0.6) is 0 Å². The highest BCUT2D eigenvalue weighted by molar-refractivity contribution is 7.98. The number of hydrogen-bond acceptors (Lipinski definition) is 2. The van der Waals surface area contributed by atoms with E-state index >= 15 is 0 Å². The largest absolute Gasteiger partial charge is 0.416 e. The topological polar surface area (TPSA) is 9.23 Å². The van der Waals surface area contributed by atoms with Crippen LogP contribution in [0.4, 0.5) is 0 Å². The van der Waals surface area contributed by atoms with Crippen molar-refractivity contribution in [1.29, 1.82) is 0 Å². The third-order valence-electron chi connectivity index (χ3n) is 2.56. The summed E-state index contributed by atoms with van der Waals surface area (Å²) in [6.07, 6.45) is 2.12. The van der Waals surface area contributed by atoms with Crippen molar-refractivity contribution in [2.75, 3.05) is 18.6 Å². The molecule has 0 aromatic carbocycles. The molecule has 0 bridgehead atoms. The lowest BCUT2D eigenvalue weighted by Crippen LogP contribution is -2.41. The third kappa shape index (κ3) is 3.96. The molecule has 1 nitrogen and oxygen atoms in total. The van der Waals surface area contributed by atoms with Gasteiger partial charge < -0.3 is 4.43 Å². The Bertz CT molecular complexity index is 129. The lowest BCUT2D eigenvalue weighted by atomic mass is 10.2. The van der Waals surface area contributed by atoms with Gasteiger partial charge in [-0.25, -0.2) is 0 Å². The molecule has 0 unspecified atom stereocenters. The Labute approximate surface area is 82.4 Å². The van der Waals surface area contributed by atoms with Crippen molar-refractivity contribution < 1.29 is 4.43 Å². The van der Waals surface area contributed by atoms with E-state index in [0.29, 0.717) is 5.04 Å². The van der Waals surface area contributed by atoms with E-state index in [0.717, 1.165) is 12.4 Å². The van der Waals surface area contributed by atoms with E-state index in [-0.39, 0.29) is 0 Å². The summed E-state index contributed by atoms with van der Waals surface area (Å²) in [5.74, 6) is 1.12. The molecule has 0 aliphatic carbocycles. The molecular weight excluding hydrogens is 184 g/mol. The molecule has 0 saturated carbocycles. The van der Waals surface area contributed by atoms with Gasteiger partial charge in [0.25, 0.3) is 0 Å². The lowest BCUT2D eigenvalue weighted by Gasteiger charge is -2.36. The third-order valence-corrected chi connectivity index (χ3v) is 7.67. The van der Waals surface area contributed by atoms with Gasteiger partial charge in [0.15, 0.2) is 8.32 Å². The first-order valence-corrected chi connectivity index (χ1v) is 8.74. The molecule has 0 rings (SSSR count). The molecule has 0 atom stereocenters. The molecule has 0 fully saturated rings. The van der Waals surface area contributed by atoms with Crippen LogP contribution in [0.3, 0.4) is 0 Å². The summed E-state index contributed by atoms with van der Waals surface area (Å²) in [5.41, 5.74) is 0. The fourth-order valence-corrected chi connectivity index (χ4v) is 2.04. The summed E-state index contributed by atoms with van der Waals surface area (Å²) in [6, 6.07) is 0. The van der Waals surface area contributed by atoms with Crippen LogP contribution in [-0.4, -0.2) is 26.9 Å². The van der Waals surface area contributed by atoms with Gasteiger partial charge in [-0.2, -0.15) is 11.8 Å². The molecule has 0 aromatic heterocycles. The highest BCUT2D eigenvalue weighted by atomic mass is 32.2. The molecule has 74 valence electrons. The van der Waals surface area contributed by atoms with Crippen molar-refractivity contribution in [3.63, 3.8) is 0 Å². The fraction of sp³-hybridized carbons (Fsp3) is 1.00. The lowest BCUT2D eigenvalue weighted by molar-refractivity contribution is 0.311. The zero-order chi connectivity index (χ0) is 9.83. The van der Waals surface area contributed by atoms with Gasteiger partial charge in [-0.3, -0.25) is 0 Å². The number of thioether (sulfide) groups is 1. The molecule has 0 aliphatic heterocycles. The average Bonchev–Trinajstić information content (AvgIpc) is 1.85. The van der Waals surface area contributed by atoms with E-state index in [1.165, 1.54) is 0 Å². The first-order chi connectivity index (χ1) is 5.31. The summed E-state index contributed by atoms with van der Waals surface area (Å²) in [6.45, 7) is 12.3.